The first-order valence-electron chi connectivity index (χ1n) is 7.26. The van der Waals surface area contributed by atoms with E-state index in [0.29, 0.717) is 6.54 Å². The summed E-state index contributed by atoms with van der Waals surface area (Å²) in [6.45, 7) is 9.38. The Balaban J connectivity index is 1.90. The van der Waals surface area contributed by atoms with Crippen molar-refractivity contribution in [2.75, 3.05) is 45.9 Å². The van der Waals surface area contributed by atoms with Crippen LogP contribution < -0.4 is 0 Å². The Morgan fingerprint density at radius 2 is 1.95 bits per heavy atom. The van der Waals surface area contributed by atoms with Gasteiger partial charge in [0.15, 0.2) is 5.78 Å². The molecule has 0 atom stereocenters. The van der Waals surface area contributed by atoms with E-state index in [1.54, 1.807) is 11.3 Å². The third-order valence-electron chi connectivity index (χ3n) is 3.81. The predicted molar refractivity (Wildman–Crippen MR) is 82.7 cm³/mol. The van der Waals surface area contributed by atoms with Crippen LogP contribution in [0.3, 0.4) is 0 Å². The van der Waals surface area contributed by atoms with Gasteiger partial charge < -0.3 is 5.11 Å². The van der Waals surface area contributed by atoms with Crippen LogP contribution in [0.25, 0.3) is 0 Å². The number of ketones is 1. The Morgan fingerprint density at radius 1 is 1.25 bits per heavy atom. The SMILES string of the molecule is Cc1cc(C(=O)CN2CCCN(CCO)CC2)c(C)s1. The molecular weight excluding hydrogens is 272 g/mol. The van der Waals surface area contributed by atoms with Crippen molar-refractivity contribution in [2.24, 2.45) is 0 Å². The van der Waals surface area contributed by atoms with Gasteiger partial charge in [-0.25, -0.2) is 0 Å². The molecule has 5 heteroatoms. The number of aryl methyl sites for hydroxylation is 2. The Kier molecular flexibility index (Phi) is 5.72. The Labute approximate surface area is 125 Å². The predicted octanol–water partition coefficient (Wildman–Crippen LogP) is 1.55. The summed E-state index contributed by atoms with van der Waals surface area (Å²) in [5.41, 5.74) is 0.893. The molecule has 0 bridgehead atoms. The summed E-state index contributed by atoms with van der Waals surface area (Å²) in [5, 5.41) is 8.99. The normalized spacial score (nSPS) is 18.1. The van der Waals surface area contributed by atoms with Crippen molar-refractivity contribution >= 4 is 17.1 Å². The van der Waals surface area contributed by atoms with Crippen LogP contribution in [0.1, 0.15) is 26.5 Å². The number of hydrogen-bond donors (Lipinski definition) is 1. The lowest BCUT2D eigenvalue weighted by molar-refractivity contribution is 0.0932. The maximum absolute atomic E-state index is 12.4. The van der Waals surface area contributed by atoms with Crippen molar-refractivity contribution in [1.29, 1.82) is 0 Å². The highest BCUT2D eigenvalue weighted by Crippen LogP contribution is 2.21. The molecular formula is C15H24N2O2S. The molecule has 0 saturated carbocycles. The molecule has 0 radical (unpaired) electrons. The summed E-state index contributed by atoms with van der Waals surface area (Å²) in [6, 6.07) is 2.01. The molecule has 1 fully saturated rings. The third-order valence-corrected chi connectivity index (χ3v) is 4.77. The van der Waals surface area contributed by atoms with E-state index < -0.39 is 0 Å². The quantitative estimate of drug-likeness (QED) is 0.837. The van der Waals surface area contributed by atoms with Crippen LogP contribution in [0.4, 0.5) is 0 Å². The van der Waals surface area contributed by atoms with E-state index in [2.05, 4.69) is 9.80 Å². The van der Waals surface area contributed by atoms with E-state index in [1.165, 1.54) is 4.88 Å². The molecule has 1 N–H and O–H groups in total. The molecule has 2 heterocycles. The molecule has 4 nitrogen and oxygen atoms in total. The highest BCUT2D eigenvalue weighted by Gasteiger charge is 2.19. The van der Waals surface area contributed by atoms with Crippen LogP contribution in [-0.4, -0.2) is 66.6 Å². The maximum Gasteiger partial charge on any atom is 0.177 e. The first-order valence-corrected chi connectivity index (χ1v) is 8.07. The Morgan fingerprint density at radius 3 is 2.60 bits per heavy atom. The highest BCUT2D eigenvalue weighted by molar-refractivity contribution is 7.12. The minimum atomic E-state index is 0.215. The maximum atomic E-state index is 12.4. The number of thiophene rings is 1. The lowest BCUT2D eigenvalue weighted by Gasteiger charge is -2.20. The molecule has 2 rings (SSSR count). The van der Waals surface area contributed by atoms with Gasteiger partial charge in [-0.15, -0.1) is 11.3 Å². The van der Waals surface area contributed by atoms with E-state index in [0.717, 1.165) is 49.6 Å². The second-order valence-corrected chi connectivity index (χ2v) is 6.91. The summed E-state index contributed by atoms with van der Waals surface area (Å²) < 4.78 is 0. The zero-order chi connectivity index (χ0) is 14.5. The average molecular weight is 296 g/mol. The number of nitrogens with zero attached hydrogens (tertiary/aromatic N) is 2. The molecule has 0 spiro atoms. The van der Waals surface area contributed by atoms with Crippen LogP contribution in [-0.2, 0) is 0 Å². The lowest BCUT2D eigenvalue weighted by Crippen LogP contribution is -2.35. The molecule has 0 aromatic carbocycles. The summed E-state index contributed by atoms with van der Waals surface area (Å²) in [4.78, 5) is 19.2. The second-order valence-electron chi connectivity index (χ2n) is 5.45. The summed E-state index contributed by atoms with van der Waals surface area (Å²) in [6.07, 6.45) is 1.06. The second kappa shape index (κ2) is 7.31. The smallest absolute Gasteiger partial charge is 0.177 e. The molecule has 1 aliphatic heterocycles. The number of β-amino-alcohol motifs (C(OH)–C–C–N with tert-alkyl or cyclic N) is 1. The molecule has 20 heavy (non-hydrogen) atoms. The van der Waals surface area contributed by atoms with Gasteiger partial charge in [0.25, 0.3) is 0 Å². The number of aliphatic hydroxyl groups excluding tert-OH is 1. The van der Waals surface area contributed by atoms with Gasteiger partial charge in [0.2, 0.25) is 0 Å². The van der Waals surface area contributed by atoms with E-state index in [-0.39, 0.29) is 12.4 Å². The minimum Gasteiger partial charge on any atom is -0.395 e. The van der Waals surface area contributed by atoms with Gasteiger partial charge in [-0.2, -0.15) is 0 Å². The Hall–Kier alpha value is -0.750. The topological polar surface area (TPSA) is 43.8 Å². The van der Waals surface area contributed by atoms with Crippen molar-refractivity contribution in [3.63, 3.8) is 0 Å². The highest BCUT2D eigenvalue weighted by atomic mass is 32.1. The Bertz CT molecular complexity index is 459. The van der Waals surface area contributed by atoms with Crippen molar-refractivity contribution < 1.29 is 9.90 Å². The van der Waals surface area contributed by atoms with Crippen LogP contribution in [0.5, 0.6) is 0 Å². The lowest BCUT2D eigenvalue weighted by atomic mass is 10.1. The van der Waals surface area contributed by atoms with Crippen LogP contribution in [0.15, 0.2) is 6.07 Å². The van der Waals surface area contributed by atoms with E-state index in [1.807, 2.05) is 19.9 Å². The molecule has 1 aliphatic rings. The molecule has 1 aromatic rings. The fraction of sp³-hybridized carbons (Fsp3) is 0.667. The van der Waals surface area contributed by atoms with Gasteiger partial charge in [0, 0.05) is 35.0 Å². The zero-order valence-corrected chi connectivity index (χ0v) is 13.2. The summed E-state index contributed by atoms with van der Waals surface area (Å²) >= 11 is 1.70. The number of Topliss-reactive ketones (excluding diaryl/α,β-unsaturated/α-hetero) is 1. The van der Waals surface area contributed by atoms with Crippen molar-refractivity contribution in [3.8, 4) is 0 Å². The number of carbonyl (C=O) groups excluding carboxylic acids is 1. The van der Waals surface area contributed by atoms with Gasteiger partial charge >= 0.3 is 0 Å². The average Bonchev–Trinajstić information content (AvgIpc) is 2.60. The number of hydrogen-bond acceptors (Lipinski definition) is 5. The molecule has 112 valence electrons. The van der Waals surface area contributed by atoms with Crippen molar-refractivity contribution in [3.05, 3.63) is 21.4 Å². The first-order chi connectivity index (χ1) is 9.60. The molecule has 1 saturated heterocycles. The first kappa shape index (κ1) is 15.6. The van der Waals surface area contributed by atoms with Crippen molar-refractivity contribution in [2.45, 2.75) is 20.3 Å². The fourth-order valence-corrected chi connectivity index (χ4v) is 3.69. The van der Waals surface area contributed by atoms with Crippen LogP contribution in [0, 0.1) is 13.8 Å². The van der Waals surface area contributed by atoms with Gasteiger partial charge in [0.05, 0.1) is 13.2 Å². The molecule has 0 unspecified atom stereocenters. The number of aliphatic hydroxyl groups is 1. The monoisotopic (exact) mass is 296 g/mol. The van der Waals surface area contributed by atoms with Crippen LogP contribution >= 0.6 is 11.3 Å². The summed E-state index contributed by atoms with van der Waals surface area (Å²) in [5.74, 6) is 0.238. The van der Waals surface area contributed by atoms with E-state index >= 15 is 0 Å². The van der Waals surface area contributed by atoms with Crippen LogP contribution in [0.2, 0.25) is 0 Å². The van der Waals surface area contributed by atoms with Gasteiger partial charge in [-0.3, -0.25) is 14.6 Å². The minimum absolute atomic E-state index is 0.215. The molecule has 1 aromatic heterocycles. The van der Waals surface area contributed by atoms with E-state index in [4.69, 9.17) is 5.11 Å². The van der Waals surface area contributed by atoms with E-state index in [9.17, 15) is 4.79 Å². The number of carbonyl (C=O) groups is 1. The van der Waals surface area contributed by atoms with Gasteiger partial charge in [-0.1, -0.05) is 0 Å². The summed E-state index contributed by atoms with van der Waals surface area (Å²) in [7, 11) is 0. The largest absolute Gasteiger partial charge is 0.395 e. The number of rotatable bonds is 5. The fourth-order valence-electron chi connectivity index (χ4n) is 2.74. The van der Waals surface area contributed by atoms with Gasteiger partial charge in [-0.05, 0) is 39.4 Å². The third kappa shape index (κ3) is 4.12. The standard InChI is InChI=1S/C15H24N2O2S/c1-12-10-14(13(2)20-12)15(19)11-17-5-3-4-16(6-7-17)8-9-18/h10,18H,3-9,11H2,1-2H3. The molecule has 0 amide bonds. The van der Waals surface area contributed by atoms with Crippen molar-refractivity contribution in [1.82, 2.24) is 9.80 Å². The zero-order valence-electron chi connectivity index (χ0n) is 12.4. The van der Waals surface area contributed by atoms with Gasteiger partial charge in [0.1, 0.15) is 0 Å². The molecule has 0 aliphatic carbocycles.